The highest BCUT2D eigenvalue weighted by molar-refractivity contribution is 6.01. The lowest BCUT2D eigenvalue weighted by molar-refractivity contribution is -0.138. The van der Waals surface area contributed by atoms with Crippen LogP contribution in [0.2, 0.25) is 0 Å². The summed E-state index contributed by atoms with van der Waals surface area (Å²) in [6.45, 7) is 1.38. The summed E-state index contributed by atoms with van der Waals surface area (Å²) in [5.41, 5.74) is -1.84. The lowest BCUT2D eigenvalue weighted by Crippen LogP contribution is -2.59. The number of carbonyl (C=O) groups excluding carboxylic acids is 1. The van der Waals surface area contributed by atoms with Crippen molar-refractivity contribution in [2.75, 3.05) is 13.2 Å². The molecule has 3 aromatic heterocycles. The van der Waals surface area contributed by atoms with E-state index in [1.807, 2.05) is 0 Å². The number of rotatable bonds is 5. The molecule has 2 unspecified atom stereocenters. The van der Waals surface area contributed by atoms with Crippen LogP contribution in [0.3, 0.4) is 0 Å². The molecule has 5 rings (SSSR count). The van der Waals surface area contributed by atoms with Crippen molar-refractivity contribution < 1.29 is 32.2 Å². The van der Waals surface area contributed by atoms with E-state index in [1.54, 1.807) is 19.3 Å². The zero-order valence-corrected chi connectivity index (χ0v) is 18.8. The second kappa shape index (κ2) is 8.52. The van der Waals surface area contributed by atoms with Crippen LogP contribution in [-0.2, 0) is 22.9 Å². The highest BCUT2D eigenvalue weighted by Gasteiger charge is 2.48. The van der Waals surface area contributed by atoms with Crippen LogP contribution in [-0.4, -0.2) is 49.9 Å². The van der Waals surface area contributed by atoms with E-state index in [2.05, 4.69) is 20.4 Å². The van der Waals surface area contributed by atoms with Crippen molar-refractivity contribution in [3.63, 3.8) is 0 Å². The van der Waals surface area contributed by atoms with Gasteiger partial charge in [0.25, 0.3) is 5.91 Å². The van der Waals surface area contributed by atoms with Gasteiger partial charge in [-0.25, -0.2) is 13.9 Å². The van der Waals surface area contributed by atoms with Crippen molar-refractivity contribution in [2.24, 2.45) is 5.92 Å². The smallest absolute Gasteiger partial charge is 0.388 e. The highest BCUT2D eigenvalue weighted by atomic mass is 19.4. The number of pyridine rings is 1. The van der Waals surface area contributed by atoms with Gasteiger partial charge in [-0.3, -0.25) is 9.78 Å². The molecule has 0 bridgehead atoms. The van der Waals surface area contributed by atoms with Crippen LogP contribution in [0.4, 0.5) is 17.6 Å². The van der Waals surface area contributed by atoms with Gasteiger partial charge in [-0.15, -0.1) is 0 Å². The van der Waals surface area contributed by atoms with E-state index in [-0.39, 0.29) is 30.8 Å². The van der Waals surface area contributed by atoms with Gasteiger partial charge in [0.05, 0.1) is 17.9 Å². The summed E-state index contributed by atoms with van der Waals surface area (Å²) in [4.78, 5) is 21.6. The minimum Gasteiger partial charge on any atom is -0.388 e. The first kappa shape index (κ1) is 23.6. The molecule has 8 nitrogen and oxygen atoms in total. The molecule has 12 heteroatoms. The Morgan fingerprint density at radius 3 is 2.74 bits per heavy atom. The Hall–Kier alpha value is -3.12. The number of amides is 1. The molecule has 1 aliphatic heterocycles. The Morgan fingerprint density at radius 1 is 1.31 bits per heavy atom. The Kier molecular flexibility index (Phi) is 5.75. The largest absolute Gasteiger partial charge is 0.417 e. The average molecular weight is 493 g/mol. The molecule has 1 saturated carbocycles. The summed E-state index contributed by atoms with van der Waals surface area (Å²) in [5, 5.41) is 17.8. The molecule has 0 aromatic carbocycles. The van der Waals surface area contributed by atoms with Crippen molar-refractivity contribution in [1.29, 1.82) is 0 Å². The minimum absolute atomic E-state index is 0.0238. The molecule has 1 aliphatic carbocycles. The van der Waals surface area contributed by atoms with Crippen LogP contribution in [0.15, 0.2) is 24.7 Å². The molecule has 4 heterocycles. The van der Waals surface area contributed by atoms with Gasteiger partial charge in [-0.1, -0.05) is 0 Å². The topological polar surface area (TPSA) is 102 Å². The first-order valence-electron chi connectivity index (χ1n) is 11.2. The van der Waals surface area contributed by atoms with Gasteiger partial charge in [0, 0.05) is 31.6 Å². The third-order valence-corrected chi connectivity index (χ3v) is 6.56. The van der Waals surface area contributed by atoms with E-state index >= 15 is 0 Å². The lowest BCUT2D eigenvalue weighted by atomic mass is 9.82. The number of halogens is 4. The number of nitrogens with one attached hydrogen (secondary N) is 1. The molecule has 0 radical (unpaired) electrons. The van der Waals surface area contributed by atoms with Gasteiger partial charge in [0.2, 0.25) is 0 Å². The van der Waals surface area contributed by atoms with E-state index in [0.717, 1.165) is 12.0 Å². The van der Waals surface area contributed by atoms with Crippen molar-refractivity contribution >= 4 is 11.6 Å². The number of aliphatic hydroxyl groups is 1. The Bertz CT molecular complexity index is 1290. The molecule has 1 saturated heterocycles. The molecule has 35 heavy (non-hydrogen) atoms. The van der Waals surface area contributed by atoms with Gasteiger partial charge in [-0.2, -0.15) is 18.3 Å². The standard InChI is InChI=1S/C23H23F4N5O3/c1-12-18(20-29-8-14(6-13-2-3-13)10-32(20)31-12)21(34)30-22(4-5-35-11-17(22)33)19-16(24)7-15(9-28-19)23(25,26)27/h7-10,13,17,33H,2-6,11H2,1H3,(H,30,34). The maximum absolute atomic E-state index is 15.0. The molecule has 1 amide bonds. The highest BCUT2D eigenvalue weighted by Crippen LogP contribution is 2.37. The molecule has 2 atom stereocenters. The Balaban J connectivity index is 1.52. The average Bonchev–Trinajstić information content (AvgIpc) is 3.54. The Morgan fingerprint density at radius 2 is 2.09 bits per heavy atom. The van der Waals surface area contributed by atoms with Gasteiger partial charge < -0.3 is 15.2 Å². The van der Waals surface area contributed by atoms with E-state index < -0.39 is 40.8 Å². The lowest BCUT2D eigenvalue weighted by Gasteiger charge is -2.41. The predicted octanol–water partition coefficient (Wildman–Crippen LogP) is 2.95. The first-order valence-corrected chi connectivity index (χ1v) is 11.2. The number of hydrogen-bond acceptors (Lipinski definition) is 6. The van der Waals surface area contributed by atoms with Crippen molar-refractivity contribution in [3.8, 4) is 0 Å². The number of alkyl halides is 3. The molecule has 2 aliphatic rings. The molecular weight excluding hydrogens is 470 g/mol. The maximum Gasteiger partial charge on any atom is 0.417 e. The number of fused-ring (bicyclic) bond motifs is 1. The fourth-order valence-electron chi connectivity index (χ4n) is 4.51. The van der Waals surface area contributed by atoms with Gasteiger partial charge in [0.1, 0.15) is 28.7 Å². The molecule has 186 valence electrons. The molecule has 3 aromatic rings. The quantitative estimate of drug-likeness (QED) is 0.530. The summed E-state index contributed by atoms with van der Waals surface area (Å²) >= 11 is 0. The van der Waals surface area contributed by atoms with Crippen LogP contribution in [0.5, 0.6) is 0 Å². The van der Waals surface area contributed by atoms with Gasteiger partial charge in [0.15, 0.2) is 5.65 Å². The van der Waals surface area contributed by atoms with E-state index in [4.69, 9.17) is 4.74 Å². The van der Waals surface area contributed by atoms with E-state index in [9.17, 15) is 27.5 Å². The molecular formula is C23H23F4N5O3. The SMILES string of the molecule is Cc1nn2cc(CC3CC3)cnc2c1C(=O)NC1(c2ncc(C(F)(F)F)cc2F)CCOCC1O. The number of aromatic nitrogens is 4. The fourth-order valence-corrected chi connectivity index (χ4v) is 4.51. The van der Waals surface area contributed by atoms with Gasteiger partial charge >= 0.3 is 6.18 Å². The normalized spacial score (nSPS) is 23.0. The number of nitrogens with zero attached hydrogens (tertiary/aromatic N) is 4. The second-order valence-corrected chi connectivity index (χ2v) is 9.16. The fraction of sp³-hybridized carbons (Fsp3) is 0.478. The number of aryl methyl sites for hydroxylation is 1. The molecule has 0 spiro atoms. The molecule has 2 fully saturated rings. The maximum atomic E-state index is 15.0. The minimum atomic E-state index is -4.80. The zero-order valence-electron chi connectivity index (χ0n) is 18.8. The monoisotopic (exact) mass is 493 g/mol. The van der Waals surface area contributed by atoms with E-state index in [1.165, 1.54) is 17.4 Å². The van der Waals surface area contributed by atoms with Gasteiger partial charge in [-0.05, 0) is 43.7 Å². The van der Waals surface area contributed by atoms with Crippen LogP contribution in [0, 0.1) is 18.7 Å². The summed E-state index contributed by atoms with van der Waals surface area (Å²) in [6, 6.07) is 0.307. The Labute approximate surface area is 197 Å². The van der Waals surface area contributed by atoms with Crippen LogP contribution >= 0.6 is 0 Å². The summed E-state index contributed by atoms with van der Waals surface area (Å²) in [7, 11) is 0. The number of ether oxygens (including phenoxy) is 1. The zero-order chi connectivity index (χ0) is 25.0. The number of hydrogen-bond donors (Lipinski definition) is 2. The third-order valence-electron chi connectivity index (χ3n) is 6.56. The number of carbonyl (C=O) groups is 1. The first-order chi connectivity index (χ1) is 16.6. The predicted molar refractivity (Wildman–Crippen MR) is 114 cm³/mol. The summed E-state index contributed by atoms with van der Waals surface area (Å²) in [6.07, 6.45) is 0.831. The van der Waals surface area contributed by atoms with Crippen LogP contribution < -0.4 is 5.32 Å². The third kappa shape index (κ3) is 4.36. The van der Waals surface area contributed by atoms with E-state index in [0.29, 0.717) is 23.9 Å². The second-order valence-electron chi connectivity index (χ2n) is 9.16. The summed E-state index contributed by atoms with van der Waals surface area (Å²) in [5.74, 6) is -1.36. The summed E-state index contributed by atoms with van der Waals surface area (Å²) < 4.78 is 60.8. The number of aliphatic hydroxyl groups excluding tert-OH is 1. The van der Waals surface area contributed by atoms with Crippen molar-refractivity contribution in [1.82, 2.24) is 24.9 Å². The van der Waals surface area contributed by atoms with Crippen LogP contribution in [0.1, 0.15) is 52.1 Å². The van der Waals surface area contributed by atoms with Crippen molar-refractivity contribution in [2.45, 2.75) is 50.4 Å². The van der Waals surface area contributed by atoms with Crippen LogP contribution in [0.25, 0.3) is 5.65 Å². The molecule has 2 N–H and O–H groups in total. The van der Waals surface area contributed by atoms with Crippen molar-refractivity contribution in [3.05, 3.63) is 58.6 Å².